The Balaban J connectivity index is 1.75. The number of likely N-dealkylation sites (N-methyl/N-ethyl adjacent to an activating group) is 1. The number of carbonyl (C=O) groups is 2. The summed E-state index contributed by atoms with van der Waals surface area (Å²) < 4.78 is 40.8. The first-order valence-corrected chi connectivity index (χ1v) is 10.6. The zero-order valence-electron chi connectivity index (χ0n) is 18.9. The second kappa shape index (κ2) is 8.93. The number of hydrogen-bond donors (Lipinski definition) is 1. The number of hydrogen-bond acceptors (Lipinski definition) is 6. The van der Waals surface area contributed by atoms with Crippen molar-refractivity contribution in [2.75, 3.05) is 48.3 Å². The van der Waals surface area contributed by atoms with Crippen LogP contribution in [0.2, 0.25) is 0 Å². The van der Waals surface area contributed by atoms with E-state index >= 15 is 0 Å². The Morgan fingerprint density at radius 1 is 1.18 bits per heavy atom. The number of nitrogens with one attached hydrogen (secondary N) is 1. The largest absolute Gasteiger partial charge is 0.416 e. The molecule has 0 atom stereocenters. The summed E-state index contributed by atoms with van der Waals surface area (Å²) in [5.41, 5.74) is 1.15. The van der Waals surface area contributed by atoms with Gasteiger partial charge in [-0.25, -0.2) is 14.7 Å². The summed E-state index contributed by atoms with van der Waals surface area (Å²) in [6.07, 6.45) is -2.82. The molecule has 1 aliphatic rings. The summed E-state index contributed by atoms with van der Waals surface area (Å²) in [4.78, 5) is 34.6. The zero-order chi connectivity index (χ0) is 24.6. The molecule has 1 N–H and O–H groups in total. The van der Waals surface area contributed by atoms with E-state index in [1.54, 1.807) is 11.7 Å². The highest BCUT2D eigenvalue weighted by Gasteiger charge is 2.31. The van der Waals surface area contributed by atoms with Crippen LogP contribution in [-0.4, -0.2) is 65.3 Å². The van der Waals surface area contributed by atoms with Gasteiger partial charge in [0.2, 0.25) is 6.41 Å². The molecule has 1 fully saturated rings. The predicted molar refractivity (Wildman–Crippen MR) is 122 cm³/mol. The van der Waals surface area contributed by atoms with E-state index in [1.165, 1.54) is 18.3 Å². The van der Waals surface area contributed by atoms with Crippen molar-refractivity contribution in [2.24, 2.45) is 7.05 Å². The molecule has 180 valence electrons. The maximum atomic E-state index is 13.1. The molecule has 1 aliphatic heterocycles. The molecule has 0 saturated carbocycles. The summed E-state index contributed by atoms with van der Waals surface area (Å²) >= 11 is 0. The highest BCUT2D eigenvalue weighted by Crippen LogP contribution is 2.38. The molecule has 1 aromatic carbocycles. The molecule has 0 unspecified atom stereocenters. The van der Waals surface area contributed by atoms with Gasteiger partial charge in [-0.05, 0) is 32.2 Å². The molecule has 12 heteroatoms. The lowest BCUT2D eigenvalue weighted by Crippen LogP contribution is -2.45. The second-order valence-corrected chi connectivity index (χ2v) is 8.17. The van der Waals surface area contributed by atoms with Gasteiger partial charge in [-0.3, -0.25) is 9.48 Å². The third-order valence-electron chi connectivity index (χ3n) is 5.82. The Hall–Kier alpha value is -3.67. The summed E-state index contributed by atoms with van der Waals surface area (Å²) in [7, 11) is 3.77. The van der Waals surface area contributed by atoms with Gasteiger partial charge in [0.25, 0.3) is 0 Å². The Bertz CT molecular complexity index is 1230. The van der Waals surface area contributed by atoms with E-state index in [-0.39, 0.29) is 11.4 Å². The predicted octanol–water partition coefficient (Wildman–Crippen LogP) is 3.24. The number of aryl methyl sites for hydroxylation is 2. The Morgan fingerprint density at radius 3 is 2.53 bits per heavy atom. The van der Waals surface area contributed by atoms with Crippen LogP contribution in [0.1, 0.15) is 11.3 Å². The van der Waals surface area contributed by atoms with Crippen LogP contribution in [0.25, 0.3) is 11.0 Å². The smallest absolute Gasteiger partial charge is 0.367 e. The number of piperazine rings is 1. The minimum absolute atomic E-state index is 0.0839. The minimum atomic E-state index is -4.56. The fourth-order valence-electron chi connectivity index (χ4n) is 4.08. The van der Waals surface area contributed by atoms with Crippen molar-refractivity contribution in [3.05, 3.63) is 41.7 Å². The molecule has 0 radical (unpaired) electrons. The van der Waals surface area contributed by atoms with E-state index in [9.17, 15) is 22.8 Å². The first kappa shape index (κ1) is 23.5. The summed E-state index contributed by atoms with van der Waals surface area (Å²) in [5, 5.41) is 7.54. The van der Waals surface area contributed by atoms with E-state index in [2.05, 4.69) is 25.2 Å². The lowest BCUT2D eigenvalue weighted by Gasteiger charge is -2.36. The number of pyridine rings is 1. The number of alkyl halides is 3. The molecule has 2 aromatic heterocycles. The molecule has 9 nitrogen and oxygen atoms in total. The van der Waals surface area contributed by atoms with Crippen LogP contribution in [-0.2, 0) is 18.0 Å². The monoisotopic (exact) mass is 475 g/mol. The second-order valence-electron chi connectivity index (χ2n) is 8.17. The number of benzene rings is 1. The highest BCUT2D eigenvalue weighted by atomic mass is 19.4. The van der Waals surface area contributed by atoms with Crippen molar-refractivity contribution in [1.29, 1.82) is 0 Å². The number of urea groups is 1. The van der Waals surface area contributed by atoms with Crippen LogP contribution in [0.15, 0.2) is 30.5 Å². The number of anilines is 3. The number of halogens is 3. The highest BCUT2D eigenvalue weighted by molar-refractivity contribution is 6.16. The SMILES string of the molecule is Cc1nn(C)c2ncc(N(C=O)C(=O)Nc3cccc(C(F)(F)F)c3)c(N3CCN(C)CC3)c12. The quantitative estimate of drug-likeness (QED) is 0.583. The van der Waals surface area contributed by atoms with Gasteiger partial charge >= 0.3 is 12.2 Å². The average Bonchev–Trinajstić information content (AvgIpc) is 3.08. The van der Waals surface area contributed by atoms with Gasteiger partial charge in [0.05, 0.1) is 34.2 Å². The first-order chi connectivity index (χ1) is 16.1. The van der Waals surface area contributed by atoms with Crippen molar-refractivity contribution in [1.82, 2.24) is 19.7 Å². The molecule has 1 saturated heterocycles. The van der Waals surface area contributed by atoms with E-state index in [4.69, 9.17) is 0 Å². The Labute approximate surface area is 193 Å². The third-order valence-corrected chi connectivity index (χ3v) is 5.82. The lowest BCUT2D eigenvalue weighted by molar-refractivity contribution is -0.137. The number of amides is 3. The van der Waals surface area contributed by atoms with Gasteiger partial charge in [-0.1, -0.05) is 6.07 Å². The fourth-order valence-corrected chi connectivity index (χ4v) is 4.08. The average molecular weight is 475 g/mol. The molecular formula is C22H24F3N7O2. The lowest BCUT2D eigenvalue weighted by atomic mass is 10.1. The van der Waals surface area contributed by atoms with Crippen LogP contribution < -0.4 is 15.1 Å². The molecule has 34 heavy (non-hydrogen) atoms. The molecule has 3 amide bonds. The Kier molecular flexibility index (Phi) is 6.17. The van der Waals surface area contributed by atoms with Crippen LogP contribution in [0.3, 0.4) is 0 Å². The molecule has 0 spiro atoms. The van der Waals surface area contributed by atoms with Crippen molar-refractivity contribution in [3.8, 4) is 0 Å². The summed E-state index contributed by atoms with van der Waals surface area (Å²) in [6.45, 7) is 4.68. The van der Waals surface area contributed by atoms with Crippen molar-refractivity contribution in [3.63, 3.8) is 0 Å². The number of fused-ring (bicyclic) bond motifs is 1. The van der Waals surface area contributed by atoms with Gasteiger partial charge in [-0.15, -0.1) is 0 Å². The Morgan fingerprint density at radius 2 is 1.88 bits per heavy atom. The van der Waals surface area contributed by atoms with Crippen LogP contribution >= 0.6 is 0 Å². The molecule has 3 heterocycles. The number of imide groups is 1. The van der Waals surface area contributed by atoms with Crippen molar-refractivity contribution >= 4 is 40.5 Å². The molecule has 4 rings (SSSR count). The standard InChI is InChI=1S/C22H24F3N7O2/c1-14-18-19(31-9-7-29(2)8-10-31)17(12-26-20(18)30(3)28-14)32(13-33)21(34)27-16-6-4-5-15(11-16)22(23,24)25/h4-6,11-13H,7-10H2,1-3H3,(H,27,34). The van der Waals surface area contributed by atoms with Gasteiger partial charge in [0, 0.05) is 38.9 Å². The van der Waals surface area contributed by atoms with E-state index in [1.807, 2.05) is 14.0 Å². The molecular weight excluding hydrogens is 451 g/mol. The normalized spacial score (nSPS) is 14.9. The summed E-state index contributed by atoms with van der Waals surface area (Å²) in [5.74, 6) is 0. The van der Waals surface area contributed by atoms with Gasteiger partial charge in [-0.2, -0.15) is 18.3 Å². The van der Waals surface area contributed by atoms with E-state index in [0.717, 1.165) is 30.1 Å². The number of nitrogens with zero attached hydrogens (tertiary/aromatic N) is 6. The minimum Gasteiger partial charge on any atom is -0.367 e. The number of aromatic nitrogens is 3. The maximum Gasteiger partial charge on any atom is 0.416 e. The van der Waals surface area contributed by atoms with E-state index in [0.29, 0.717) is 41.9 Å². The fraction of sp³-hybridized carbons (Fsp3) is 0.364. The van der Waals surface area contributed by atoms with Crippen LogP contribution in [0, 0.1) is 6.92 Å². The topological polar surface area (TPSA) is 86.6 Å². The van der Waals surface area contributed by atoms with Crippen molar-refractivity contribution < 1.29 is 22.8 Å². The third kappa shape index (κ3) is 4.40. The number of carbonyl (C=O) groups excluding carboxylic acids is 2. The molecule has 3 aromatic rings. The summed E-state index contributed by atoms with van der Waals surface area (Å²) in [6, 6.07) is 3.33. The van der Waals surface area contributed by atoms with Gasteiger partial charge < -0.3 is 15.1 Å². The van der Waals surface area contributed by atoms with Crippen LogP contribution in [0.4, 0.5) is 35.0 Å². The molecule has 0 aliphatic carbocycles. The number of rotatable bonds is 4. The zero-order valence-corrected chi connectivity index (χ0v) is 18.9. The van der Waals surface area contributed by atoms with E-state index < -0.39 is 17.8 Å². The van der Waals surface area contributed by atoms with Crippen molar-refractivity contribution in [2.45, 2.75) is 13.1 Å². The van der Waals surface area contributed by atoms with Crippen LogP contribution in [0.5, 0.6) is 0 Å². The molecule has 0 bridgehead atoms. The first-order valence-electron chi connectivity index (χ1n) is 10.6. The maximum absolute atomic E-state index is 13.1. The van der Waals surface area contributed by atoms with Gasteiger partial charge in [0.15, 0.2) is 5.65 Å². The van der Waals surface area contributed by atoms with Gasteiger partial charge in [0.1, 0.15) is 0 Å².